The summed E-state index contributed by atoms with van der Waals surface area (Å²) in [7, 11) is 0. The molecule has 2 N–H and O–H groups in total. The van der Waals surface area contributed by atoms with Gasteiger partial charge in [-0.3, -0.25) is 0 Å². The topological polar surface area (TPSA) is 26.0 Å². The van der Waals surface area contributed by atoms with Crippen LogP contribution in [0.25, 0.3) is 10.8 Å². The summed E-state index contributed by atoms with van der Waals surface area (Å²) in [6.45, 7) is 0. The molecular weight excluding hydrogens is 242 g/mol. The molecule has 1 aliphatic carbocycles. The van der Waals surface area contributed by atoms with E-state index in [9.17, 15) is 0 Å². The second-order valence-electron chi connectivity index (χ2n) is 5.69. The van der Waals surface area contributed by atoms with E-state index >= 15 is 0 Å². The van der Waals surface area contributed by atoms with Crippen LogP contribution in [-0.2, 0) is 12.0 Å². The first-order chi connectivity index (χ1) is 9.77. The predicted octanol–water partition coefficient (Wildman–Crippen LogP) is 3.99. The van der Waals surface area contributed by atoms with Crippen LogP contribution >= 0.6 is 0 Å². The van der Waals surface area contributed by atoms with E-state index < -0.39 is 0 Å². The van der Waals surface area contributed by atoms with Crippen molar-refractivity contribution in [2.24, 2.45) is 5.73 Å². The molecule has 0 heterocycles. The maximum absolute atomic E-state index is 6.78. The van der Waals surface area contributed by atoms with Gasteiger partial charge in [0, 0.05) is 0 Å². The average Bonchev–Trinajstić information content (AvgIpc) is 2.86. The smallest absolute Gasteiger partial charge is 0.0671 e. The fourth-order valence-corrected chi connectivity index (χ4v) is 3.41. The van der Waals surface area contributed by atoms with E-state index in [-0.39, 0.29) is 5.54 Å². The van der Waals surface area contributed by atoms with Crippen molar-refractivity contribution in [1.82, 2.24) is 0 Å². The van der Waals surface area contributed by atoms with E-state index in [2.05, 4.69) is 66.7 Å². The fraction of sp³-hybridized carbons (Fsp3) is 0.158. The second-order valence-corrected chi connectivity index (χ2v) is 5.69. The monoisotopic (exact) mass is 259 g/mol. The maximum Gasteiger partial charge on any atom is 0.0671 e. The lowest BCUT2D eigenvalue weighted by atomic mass is 9.84. The lowest BCUT2D eigenvalue weighted by molar-refractivity contribution is 0.535. The van der Waals surface area contributed by atoms with Crippen LogP contribution in [0, 0.1) is 0 Å². The minimum atomic E-state index is -0.333. The van der Waals surface area contributed by atoms with Crippen molar-refractivity contribution in [2.75, 3.05) is 0 Å². The van der Waals surface area contributed by atoms with Crippen molar-refractivity contribution in [3.05, 3.63) is 83.4 Å². The Balaban J connectivity index is 1.91. The van der Waals surface area contributed by atoms with Crippen molar-refractivity contribution in [2.45, 2.75) is 18.4 Å². The number of aryl methyl sites for hydroxylation is 1. The third-order valence-electron chi connectivity index (χ3n) is 4.55. The lowest BCUT2D eigenvalue weighted by Gasteiger charge is -2.26. The SMILES string of the molecule is NC1(c2ccc3ccccc3c2)CCc2ccccc21. The number of benzene rings is 3. The Morgan fingerprint density at radius 1 is 0.800 bits per heavy atom. The van der Waals surface area contributed by atoms with Gasteiger partial charge in [0.25, 0.3) is 0 Å². The molecule has 0 radical (unpaired) electrons. The van der Waals surface area contributed by atoms with Crippen LogP contribution in [0.2, 0.25) is 0 Å². The third-order valence-corrected chi connectivity index (χ3v) is 4.55. The molecule has 1 nitrogen and oxygen atoms in total. The third kappa shape index (κ3) is 1.60. The highest BCUT2D eigenvalue weighted by molar-refractivity contribution is 5.83. The van der Waals surface area contributed by atoms with Crippen LogP contribution in [0.1, 0.15) is 23.1 Å². The van der Waals surface area contributed by atoms with Crippen LogP contribution in [-0.4, -0.2) is 0 Å². The average molecular weight is 259 g/mol. The van der Waals surface area contributed by atoms with Gasteiger partial charge in [-0.2, -0.15) is 0 Å². The summed E-state index contributed by atoms with van der Waals surface area (Å²) >= 11 is 0. The quantitative estimate of drug-likeness (QED) is 0.702. The second kappa shape index (κ2) is 4.19. The first kappa shape index (κ1) is 11.7. The lowest BCUT2D eigenvalue weighted by Crippen LogP contribution is -2.35. The van der Waals surface area contributed by atoms with Gasteiger partial charge in [-0.05, 0) is 46.4 Å². The minimum absolute atomic E-state index is 0.333. The maximum atomic E-state index is 6.78. The molecule has 3 aromatic rings. The summed E-state index contributed by atoms with van der Waals surface area (Å²) in [5.41, 5.74) is 10.4. The summed E-state index contributed by atoms with van der Waals surface area (Å²) in [6.07, 6.45) is 2.06. The zero-order valence-corrected chi connectivity index (χ0v) is 11.3. The van der Waals surface area contributed by atoms with Gasteiger partial charge in [-0.1, -0.05) is 60.7 Å². The normalized spacial score (nSPS) is 21.1. The van der Waals surface area contributed by atoms with Crippen molar-refractivity contribution >= 4 is 10.8 Å². The van der Waals surface area contributed by atoms with E-state index in [4.69, 9.17) is 5.73 Å². The molecule has 0 saturated heterocycles. The van der Waals surface area contributed by atoms with E-state index in [0.29, 0.717) is 0 Å². The van der Waals surface area contributed by atoms with Crippen molar-refractivity contribution < 1.29 is 0 Å². The molecule has 0 fully saturated rings. The molecule has 20 heavy (non-hydrogen) atoms. The zero-order chi connectivity index (χ0) is 13.6. The molecule has 3 aromatic carbocycles. The van der Waals surface area contributed by atoms with Gasteiger partial charge in [0.2, 0.25) is 0 Å². The molecular formula is C19H17N. The Morgan fingerprint density at radius 3 is 2.45 bits per heavy atom. The molecule has 0 aromatic heterocycles. The van der Waals surface area contributed by atoms with Crippen LogP contribution < -0.4 is 5.73 Å². The Hall–Kier alpha value is -2.12. The Kier molecular flexibility index (Phi) is 2.45. The van der Waals surface area contributed by atoms with Crippen molar-refractivity contribution in [1.29, 1.82) is 0 Å². The molecule has 0 aliphatic heterocycles. The largest absolute Gasteiger partial charge is 0.318 e. The van der Waals surface area contributed by atoms with Gasteiger partial charge in [0.15, 0.2) is 0 Å². The van der Waals surface area contributed by atoms with Crippen molar-refractivity contribution in [3.8, 4) is 0 Å². The highest BCUT2D eigenvalue weighted by atomic mass is 14.8. The van der Waals surface area contributed by atoms with Gasteiger partial charge in [0.1, 0.15) is 0 Å². The highest BCUT2D eigenvalue weighted by Gasteiger charge is 2.36. The first-order valence-electron chi connectivity index (χ1n) is 7.14. The zero-order valence-electron chi connectivity index (χ0n) is 11.3. The van der Waals surface area contributed by atoms with Gasteiger partial charge < -0.3 is 5.73 Å². The molecule has 1 atom stereocenters. The first-order valence-corrected chi connectivity index (χ1v) is 7.14. The molecule has 1 unspecified atom stereocenters. The van der Waals surface area contributed by atoms with E-state index in [1.54, 1.807) is 0 Å². The van der Waals surface area contributed by atoms with Gasteiger partial charge in [-0.25, -0.2) is 0 Å². The van der Waals surface area contributed by atoms with Crippen LogP contribution in [0.4, 0.5) is 0 Å². The molecule has 1 aliphatic rings. The summed E-state index contributed by atoms with van der Waals surface area (Å²) in [5.74, 6) is 0. The van der Waals surface area contributed by atoms with Gasteiger partial charge >= 0.3 is 0 Å². The summed E-state index contributed by atoms with van der Waals surface area (Å²) in [5, 5.41) is 2.53. The van der Waals surface area contributed by atoms with E-state index in [1.165, 1.54) is 27.5 Å². The number of nitrogens with two attached hydrogens (primary N) is 1. The molecule has 98 valence electrons. The highest BCUT2D eigenvalue weighted by Crippen LogP contribution is 2.40. The molecule has 0 saturated carbocycles. The standard InChI is InChI=1S/C19H17N/c20-19(12-11-15-6-3-4-8-18(15)19)17-10-9-14-5-1-2-7-16(14)13-17/h1-10,13H,11-12,20H2. The van der Waals surface area contributed by atoms with Gasteiger partial charge in [0.05, 0.1) is 5.54 Å². The number of rotatable bonds is 1. The molecule has 4 rings (SSSR count). The van der Waals surface area contributed by atoms with Crippen molar-refractivity contribution in [3.63, 3.8) is 0 Å². The number of hydrogen-bond acceptors (Lipinski definition) is 1. The predicted molar refractivity (Wildman–Crippen MR) is 83.7 cm³/mol. The number of fused-ring (bicyclic) bond motifs is 2. The Morgan fingerprint density at radius 2 is 1.55 bits per heavy atom. The fourth-order valence-electron chi connectivity index (χ4n) is 3.41. The van der Waals surface area contributed by atoms with Crippen LogP contribution in [0.3, 0.4) is 0 Å². The minimum Gasteiger partial charge on any atom is -0.318 e. The molecule has 0 bridgehead atoms. The number of hydrogen-bond donors (Lipinski definition) is 1. The summed E-state index contributed by atoms with van der Waals surface area (Å²) in [6, 6.07) is 23.6. The Labute approximate surface area is 119 Å². The van der Waals surface area contributed by atoms with E-state index in [1.807, 2.05) is 0 Å². The van der Waals surface area contributed by atoms with Gasteiger partial charge in [-0.15, -0.1) is 0 Å². The van der Waals surface area contributed by atoms with Crippen LogP contribution in [0.5, 0.6) is 0 Å². The summed E-state index contributed by atoms with van der Waals surface area (Å²) in [4.78, 5) is 0. The van der Waals surface area contributed by atoms with Crippen LogP contribution in [0.15, 0.2) is 66.7 Å². The Bertz CT molecular complexity index is 790. The molecule has 0 amide bonds. The molecule has 0 spiro atoms. The molecule has 1 heteroatoms. The summed E-state index contributed by atoms with van der Waals surface area (Å²) < 4.78 is 0. The van der Waals surface area contributed by atoms with E-state index in [0.717, 1.165) is 12.8 Å².